The van der Waals surface area contributed by atoms with E-state index < -0.39 is 85.6 Å². The number of rotatable bonds is 0. The first-order chi connectivity index (χ1) is 17.1. The van der Waals surface area contributed by atoms with E-state index in [4.69, 9.17) is 41.2 Å². The Balaban J connectivity index is 0.000000433. The Kier molecular flexibility index (Phi) is 12.5. The van der Waals surface area contributed by atoms with Gasteiger partial charge in [0.2, 0.25) is 0 Å². The van der Waals surface area contributed by atoms with Crippen LogP contribution >= 0.6 is 0 Å². The molecule has 2 aliphatic rings. The van der Waals surface area contributed by atoms with Crippen molar-refractivity contribution in [3.05, 3.63) is 0 Å². The summed E-state index contributed by atoms with van der Waals surface area (Å²) in [5.74, 6) is 0. The van der Waals surface area contributed by atoms with Crippen LogP contribution in [0.4, 0.5) is 0 Å². The minimum Gasteiger partial charge on any atom is -0.416 e. The van der Waals surface area contributed by atoms with Crippen LogP contribution in [0.2, 0.25) is 131 Å². The lowest BCUT2D eigenvalue weighted by molar-refractivity contribution is 0.236. The summed E-state index contributed by atoms with van der Waals surface area (Å²) in [6.07, 6.45) is 0. The van der Waals surface area contributed by atoms with Gasteiger partial charge in [-0.25, -0.2) is 0 Å². The lowest BCUT2D eigenvalue weighted by Gasteiger charge is -2.46. The molecule has 0 radical (unpaired) electrons. The predicted octanol–water partition coefficient (Wildman–Crippen LogP) is 7.18. The van der Waals surface area contributed by atoms with Crippen LogP contribution in [0.25, 0.3) is 0 Å². The molecule has 0 aromatic carbocycles. The second kappa shape index (κ2) is 12.5. The summed E-state index contributed by atoms with van der Waals surface area (Å²) in [7, 11) is -22.7. The normalized spacial score (nSPS) is 31.5. The molecule has 0 unspecified atom stereocenters. The van der Waals surface area contributed by atoms with Crippen molar-refractivity contribution in [2.24, 2.45) is 0 Å². The third-order valence-electron chi connectivity index (χ3n) is 4.92. The van der Waals surface area contributed by atoms with E-state index in [0.717, 1.165) is 0 Å². The SMILES string of the molecule is C[Si]1(C)O[Si](C)(C)O[Si](C)(C)O[Si](C)(C)O1.C[Si]1(C)O[Si](C)(C)O[Si](C)(C)O[Si](C)(C)O[Si](C)(C)O[Si](C)(C)O1. The molecule has 0 aliphatic carbocycles. The molecule has 240 valence electrons. The fourth-order valence-electron chi connectivity index (χ4n) is 6.13. The van der Waals surface area contributed by atoms with Gasteiger partial charge in [0.05, 0.1) is 0 Å². The van der Waals surface area contributed by atoms with Gasteiger partial charge in [0, 0.05) is 0 Å². The van der Waals surface area contributed by atoms with Gasteiger partial charge in [-0.1, -0.05) is 0 Å². The van der Waals surface area contributed by atoms with Gasteiger partial charge >= 0.3 is 85.6 Å². The van der Waals surface area contributed by atoms with Crippen molar-refractivity contribution in [2.75, 3.05) is 0 Å². The summed E-state index contributed by atoms with van der Waals surface area (Å²) in [5.41, 5.74) is 0. The Labute approximate surface area is 256 Å². The van der Waals surface area contributed by atoms with Crippen LogP contribution in [0.15, 0.2) is 0 Å². The summed E-state index contributed by atoms with van der Waals surface area (Å²) in [6, 6.07) is 0. The maximum atomic E-state index is 6.44. The first kappa shape index (κ1) is 39.8. The second-order valence-corrected chi connectivity index (χ2v) is 51.2. The van der Waals surface area contributed by atoms with Gasteiger partial charge < -0.3 is 41.2 Å². The van der Waals surface area contributed by atoms with E-state index in [-0.39, 0.29) is 0 Å². The molecule has 2 aliphatic heterocycles. The van der Waals surface area contributed by atoms with E-state index in [1.807, 2.05) is 0 Å². The summed E-state index contributed by atoms with van der Waals surface area (Å²) in [5, 5.41) is 0. The highest BCUT2D eigenvalue weighted by molar-refractivity contribution is 6.94. The van der Waals surface area contributed by atoms with Gasteiger partial charge in [-0.2, -0.15) is 0 Å². The van der Waals surface area contributed by atoms with E-state index in [2.05, 4.69) is 131 Å². The Morgan fingerprint density at radius 1 is 0.150 bits per heavy atom. The first-order valence-corrected chi connectivity index (χ1v) is 42.2. The minimum atomic E-state index is -2.38. The van der Waals surface area contributed by atoms with Gasteiger partial charge in [0.15, 0.2) is 0 Å². The predicted molar refractivity (Wildman–Crippen MR) is 186 cm³/mol. The zero-order valence-electron chi connectivity index (χ0n) is 29.1. The largest absolute Gasteiger partial charge is 0.416 e. The zero-order chi connectivity index (χ0) is 32.1. The molecule has 0 saturated carbocycles. The number of hydrogen-bond acceptors (Lipinski definition) is 10. The van der Waals surface area contributed by atoms with Crippen molar-refractivity contribution < 1.29 is 41.2 Å². The van der Waals surface area contributed by atoms with Crippen molar-refractivity contribution in [3.8, 4) is 0 Å². The average Bonchev–Trinajstić information content (AvgIpc) is 2.38. The Hall–Kier alpha value is 1.77. The van der Waals surface area contributed by atoms with Crippen LogP contribution in [-0.4, -0.2) is 85.6 Å². The fourth-order valence-corrected chi connectivity index (χ4v) is 58.9. The van der Waals surface area contributed by atoms with Crippen LogP contribution < -0.4 is 0 Å². The van der Waals surface area contributed by atoms with Gasteiger partial charge in [-0.15, -0.1) is 0 Å². The van der Waals surface area contributed by atoms with Crippen molar-refractivity contribution in [3.63, 3.8) is 0 Å². The van der Waals surface area contributed by atoms with Crippen molar-refractivity contribution in [1.82, 2.24) is 0 Å². The highest BCUT2D eigenvalue weighted by atomic mass is 28.5. The molecule has 2 heterocycles. The van der Waals surface area contributed by atoms with E-state index in [1.165, 1.54) is 0 Å². The maximum absolute atomic E-state index is 6.44. The summed E-state index contributed by atoms with van der Waals surface area (Å²) >= 11 is 0. The van der Waals surface area contributed by atoms with Gasteiger partial charge in [-0.05, 0) is 131 Å². The molecule has 0 spiro atoms. The van der Waals surface area contributed by atoms with Crippen LogP contribution in [0.1, 0.15) is 0 Å². The summed E-state index contributed by atoms with van der Waals surface area (Å²) in [6.45, 7) is 41.4. The summed E-state index contributed by atoms with van der Waals surface area (Å²) in [4.78, 5) is 0. The van der Waals surface area contributed by atoms with Gasteiger partial charge in [0.1, 0.15) is 0 Å². The molecule has 2 rings (SSSR count). The quantitative estimate of drug-likeness (QED) is 0.238. The van der Waals surface area contributed by atoms with Crippen LogP contribution in [0, 0.1) is 0 Å². The fraction of sp³-hybridized carbons (Fsp3) is 1.00. The minimum absolute atomic E-state index is 2.07. The smallest absolute Gasteiger partial charge is 0.314 e. The molecular formula is C20H60O10Si10. The Bertz CT molecular complexity index is 674. The molecule has 2 saturated heterocycles. The first-order valence-electron chi connectivity index (χ1n) is 14.1. The lowest BCUT2D eigenvalue weighted by Crippen LogP contribution is -2.64. The molecule has 0 amide bonds. The summed E-state index contributed by atoms with van der Waals surface area (Å²) < 4.78 is 63.3. The molecule has 10 nitrogen and oxygen atoms in total. The van der Waals surface area contributed by atoms with E-state index in [0.29, 0.717) is 0 Å². The monoisotopic (exact) mass is 740 g/mol. The molecule has 0 aromatic heterocycles. The standard InChI is InChI=1S/C12H36O6Si6.C8H24O4Si4/c1-19(2)13-20(3,4)15-22(7,8)17-24(11,12)18-23(9,10)16-21(5,6)14-19;1-13(2)9-14(3,4)11-16(7,8)12-15(5,6)10-13/h1-12H3;1-8H3. The molecular weight excluding hydrogens is 681 g/mol. The topological polar surface area (TPSA) is 92.3 Å². The van der Waals surface area contributed by atoms with E-state index >= 15 is 0 Å². The van der Waals surface area contributed by atoms with Gasteiger partial charge in [0.25, 0.3) is 0 Å². The molecule has 0 bridgehead atoms. The highest BCUT2D eigenvalue weighted by Gasteiger charge is 2.52. The molecule has 0 N–H and O–H groups in total. The third kappa shape index (κ3) is 15.7. The second-order valence-electron chi connectivity index (χ2n) is 15.0. The molecule has 0 aromatic rings. The van der Waals surface area contributed by atoms with Crippen molar-refractivity contribution in [2.45, 2.75) is 131 Å². The average molecular weight is 742 g/mol. The van der Waals surface area contributed by atoms with E-state index in [9.17, 15) is 0 Å². The van der Waals surface area contributed by atoms with Crippen LogP contribution in [-0.2, 0) is 41.2 Å². The molecule has 40 heavy (non-hydrogen) atoms. The van der Waals surface area contributed by atoms with E-state index in [1.54, 1.807) is 0 Å². The van der Waals surface area contributed by atoms with Gasteiger partial charge in [-0.3, -0.25) is 0 Å². The maximum Gasteiger partial charge on any atom is 0.314 e. The highest BCUT2D eigenvalue weighted by Crippen LogP contribution is 2.32. The lowest BCUT2D eigenvalue weighted by atomic mass is 11.9. The number of hydrogen-bond donors (Lipinski definition) is 0. The molecule has 2 fully saturated rings. The van der Waals surface area contributed by atoms with Crippen molar-refractivity contribution in [1.29, 1.82) is 0 Å². The van der Waals surface area contributed by atoms with Crippen molar-refractivity contribution >= 4 is 85.6 Å². The van der Waals surface area contributed by atoms with Crippen LogP contribution in [0.5, 0.6) is 0 Å². The molecule has 0 atom stereocenters. The zero-order valence-corrected chi connectivity index (χ0v) is 39.1. The Morgan fingerprint density at radius 3 is 0.250 bits per heavy atom. The van der Waals surface area contributed by atoms with Crippen LogP contribution in [0.3, 0.4) is 0 Å². The third-order valence-corrected chi connectivity index (χ3v) is 44.2. The Morgan fingerprint density at radius 2 is 0.200 bits per heavy atom. The molecule has 20 heteroatoms.